The first-order chi connectivity index (χ1) is 7.14. The van der Waals surface area contributed by atoms with Crippen molar-refractivity contribution in [3.8, 4) is 0 Å². The van der Waals surface area contributed by atoms with Gasteiger partial charge in [0.1, 0.15) is 0 Å². The Kier molecular flexibility index (Phi) is 5.21. The van der Waals surface area contributed by atoms with E-state index in [-0.39, 0.29) is 11.5 Å². The van der Waals surface area contributed by atoms with E-state index < -0.39 is 9.84 Å². The highest BCUT2D eigenvalue weighted by molar-refractivity contribution is 7.91. The van der Waals surface area contributed by atoms with Gasteiger partial charge in [0.15, 0.2) is 9.84 Å². The average Bonchev–Trinajstić information content (AvgIpc) is 2.65. The van der Waals surface area contributed by atoms with Crippen LogP contribution in [0.25, 0.3) is 0 Å². The molecule has 1 N–H and O–H groups in total. The zero-order valence-electron chi connectivity index (χ0n) is 8.77. The maximum atomic E-state index is 11.3. The highest BCUT2D eigenvalue weighted by Crippen LogP contribution is 2.03. The van der Waals surface area contributed by atoms with Crippen molar-refractivity contribution in [2.75, 3.05) is 18.1 Å². The molecular weight excluding hydrogens is 232 g/mol. The van der Waals surface area contributed by atoms with Crippen molar-refractivity contribution < 1.29 is 8.42 Å². The normalized spacial score (nSPS) is 11.8. The van der Waals surface area contributed by atoms with Gasteiger partial charge in [0.25, 0.3) is 0 Å². The number of nitrogens with zero attached hydrogens (tertiary/aromatic N) is 1. The molecule has 0 aliphatic carbocycles. The summed E-state index contributed by atoms with van der Waals surface area (Å²) in [5.74, 6) is 0.509. The fourth-order valence-corrected chi connectivity index (χ4v) is 3.03. The van der Waals surface area contributed by atoms with Gasteiger partial charge in [-0.2, -0.15) is 0 Å². The van der Waals surface area contributed by atoms with Crippen LogP contribution in [0.5, 0.6) is 0 Å². The van der Waals surface area contributed by atoms with E-state index in [1.807, 2.05) is 6.92 Å². The number of thiazole rings is 1. The first-order valence-electron chi connectivity index (χ1n) is 4.92. The minimum atomic E-state index is -2.85. The maximum Gasteiger partial charge on any atom is 0.151 e. The van der Waals surface area contributed by atoms with Crippen molar-refractivity contribution in [3.63, 3.8) is 0 Å². The Morgan fingerprint density at radius 1 is 1.47 bits per heavy atom. The van der Waals surface area contributed by atoms with Crippen molar-refractivity contribution in [3.05, 3.63) is 16.6 Å². The molecule has 0 saturated carbocycles. The van der Waals surface area contributed by atoms with Crippen LogP contribution in [0.2, 0.25) is 0 Å². The number of hydrogen-bond donors (Lipinski definition) is 1. The number of aromatic nitrogens is 1. The fourth-order valence-electron chi connectivity index (χ4n) is 1.18. The second kappa shape index (κ2) is 6.19. The maximum absolute atomic E-state index is 11.3. The Labute approximate surface area is 94.7 Å². The molecule has 0 spiro atoms. The molecule has 0 radical (unpaired) electrons. The Morgan fingerprint density at radius 3 is 2.87 bits per heavy atom. The Bertz CT molecular complexity index is 359. The molecule has 0 bridgehead atoms. The van der Waals surface area contributed by atoms with Crippen LogP contribution >= 0.6 is 11.3 Å². The van der Waals surface area contributed by atoms with Gasteiger partial charge in [-0.1, -0.05) is 6.92 Å². The van der Waals surface area contributed by atoms with Crippen LogP contribution in [0.1, 0.15) is 18.2 Å². The van der Waals surface area contributed by atoms with Crippen molar-refractivity contribution in [1.29, 1.82) is 0 Å². The molecule has 15 heavy (non-hydrogen) atoms. The number of nitrogens with one attached hydrogen (secondary N) is 1. The summed E-state index contributed by atoms with van der Waals surface area (Å²) in [5.41, 5.74) is 1.77. The standard InChI is InChI=1S/C9H16N2O2S2/c1-2-4-15(12,13)5-3-10-6-9-7-11-8-14-9/h7-8,10H,2-6H2,1H3. The monoisotopic (exact) mass is 248 g/mol. The van der Waals surface area contributed by atoms with E-state index in [1.54, 1.807) is 23.0 Å². The summed E-state index contributed by atoms with van der Waals surface area (Å²) in [6.07, 6.45) is 2.48. The molecule has 0 aromatic carbocycles. The van der Waals surface area contributed by atoms with E-state index in [0.29, 0.717) is 19.5 Å². The molecular formula is C9H16N2O2S2. The van der Waals surface area contributed by atoms with E-state index in [1.165, 1.54) is 0 Å². The quantitative estimate of drug-likeness (QED) is 0.733. The molecule has 1 aromatic heterocycles. The summed E-state index contributed by atoms with van der Waals surface area (Å²) in [7, 11) is -2.85. The van der Waals surface area contributed by atoms with Gasteiger partial charge in [-0.3, -0.25) is 4.98 Å². The minimum Gasteiger partial charge on any atom is -0.311 e. The van der Waals surface area contributed by atoms with Crippen LogP contribution in [0.15, 0.2) is 11.7 Å². The molecule has 6 heteroatoms. The zero-order chi connectivity index (χ0) is 11.1. The Morgan fingerprint density at radius 2 is 2.27 bits per heavy atom. The van der Waals surface area contributed by atoms with Gasteiger partial charge in [0.2, 0.25) is 0 Å². The topological polar surface area (TPSA) is 59.1 Å². The van der Waals surface area contributed by atoms with Gasteiger partial charge < -0.3 is 5.32 Å². The summed E-state index contributed by atoms with van der Waals surface area (Å²) < 4.78 is 22.7. The lowest BCUT2D eigenvalue weighted by Gasteiger charge is -2.03. The molecule has 0 saturated heterocycles. The second-order valence-corrected chi connectivity index (χ2v) is 6.57. The average molecular weight is 248 g/mol. The third-order valence-electron chi connectivity index (χ3n) is 1.89. The van der Waals surface area contributed by atoms with Gasteiger partial charge >= 0.3 is 0 Å². The molecule has 1 heterocycles. The van der Waals surface area contributed by atoms with Crippen LogP contribution in [-0.2, 0) is 16.4 Å². The molecule has 0 aliphatic heterocycles. The van der Waals surface area contributed by atoms with Crippen LogP contribution < -0.4 is 5.32 Å². The predicted octanol–water partition coefficient (Wildman–Crippen LogP) is 1.06. The SMILES string of the molecule is CCCS(=O)(=O)CCNCc1cncs1. The highest BCUT2D eigenvalue weighted by Gasteiger charge is 2.07. The lowest BCUT2D eigenvalue weighted by atomic mass is 10.5. The Hall–Kier alpha value is -0.460. The van der Waals surface area contributed by atoms with Crippen molar-refractivity contribution in [2.24, 2.45) is 0 Å². The molecule has 86 valence electrons. The van der Waals surface area contributed by atoms with Gasteiger partial charge in [0, 0.05) is 29.9 Å². The van der Waals surface area contributed by atoms with Gasteiger partial charge in [-0.15, -0.1) is 11.3 Å². The zero-order valence-corrected chi connectivity index (χ0v) is 10.4. The summed E-state index contributed by atoms with van der Waals surface area (Å²) in [6.45, 7) is 3.09. The lowest BCUT2D eigenvalue weighted by molar-refractivity contribution is 0.589. The number of sulfone groups is 1. The summed E-state index contributed by atoms with van der Waals surface area (Å²) >= 11 is 1.57. The van der Waals surface area contributed by atoms with E-state index in [4.69, 9.17) is 0 Å². The predicted molar refractivity (Wildman–Crippen MR) is 62.8 cm³/mol. The third-order valence-corrected chi connectivity index (χ3v) is 4.52. The second-order valence-electron chi connectivity index (χ2n) is 3.30. The largest absolute Gasteiger partial charge is 0.311 e. The summed E-state index contributed by atoms with van der Waals surface area (Å²) in [6, 6.07) is 0. The molecule has 0 amide bonds. The van der Waals surface area contributed by atoms with Crippen molar-refractivity contribution in [2.45, 2.75) is 19.9 Å². The van der Waals surface area contributed by atoms with Gasteiger partial charge in [-0.25, -0.2) is 8.42 Å². The number of hydrogen-bond acceptors (Lipinski definition) is 5. The summed E-state index contributed by atoms with van der Waals surface area (Å²) in [4.78, 5) is 5.07. The lowest BCUT2D eigenvalue weighted by Crippen LogP contribution is -2.23. The third kappa shape index (κ3) is 5.25. The van der Waals surface area contributed by atoms with E-state index in [9.17, 15) is 8.42 Å². The van der Waals surface area contributed by atoms with Gasteiger partial charge in [-0.05, 0) is 6.42 Å². The number of rotatable bonds is 7. The van der Waals surface area contributed by atoms with Crippen LogP contribution in [0, 0.1) is 0 Å². The fraction of sp³-hybridized carbons (Fsp3) is 0.667. The minimum absolute atomic E-state index is 0.222. The van der Waals surface area contributed by atoms with Crippen LogP contribution in [0.3, 0.4) is 0 Å². The molecule has 0 aliphatic rings. The molecule has 1 aromatic rings. The highest BCUT2D eigenvalue weighted by atomic mass is 32.2. The van der Waals surface area contributed by atoms with E-state index >= 15 is 0 Å². The first kappa shape index (κ1) is 12.6. The van der Waals surface area contributed by atoms with Crippen molar-refractivity contribution in [1.82, 2.24) is 10.3 Å². The Balaban J connectivity index is 2.17. The smallest absolute Gasteiger partial charge is 0.151 e. The van der Waals surface area contributed by atoms with Crippen LogP contribution in [0.4, 0.5) is 0 Å². The molecule has 1 rings (SSSR count). The molecule has 0 unspecified atom stereocenters. The first-order valence-corrected chi connectivity index (χ1v) is 7.62. The molecule has 0 atom stereocenters. The molecule has 0 fully saturated rings. The summed E-state index contributed by atoms with van der Waals surface area (Å²) in [5, 5.41) is 3.09. The van der Waals surface area contributed by atoms with E-state index in [0.717, 1.165) is 4.88 Å². The van der Waals surface area contributed by atoms with E-state index in [2.05, 4.69) is 10.3 Å². The molecule has 4 nitrogen and oxygen atoms in total. The van der Waals surface area contributed by atoms with Crippen molar-refractivity contribution >= 4 is 21.2 Å². The van der Waals surface area contributed by atoms with Gasteiger partial charge in [0.05, 0.1) is 11.3 Å². The van der Waals surface area contributed by atoms with Crippen LogP contribution in [-0.4, -0.2) is 31.5 Å².